The maximum absolute atomic E-state index is 3.51. The van der Waals surface area contributed by atoms with Crippen LogP contribution in [0, 0.1) is 0 Å². The molecule has 1 aromatic rings. The van der Waals surface area contributed by atoms with Crippen molar-refractivity contribution in [2.24, 2.45) is 0 Å². The zero-order valence-corrected chi connectivity index (χ0v) is 9.88. The van der Waals surface area contributed by atoms with Gasteiger partial charge in [0.05, 0.1) is 0 Å². The molecule has 0 fully saturated rings. The topological polar surface area (TPSA) is 12.0 Å². The van der Waals surface area contributed by atoms with Crippen molar-refractivity contribution in [1.82, 2.24) is 5.32 Å². The molecule has 74 valence electrons. The monoisotopic (exact) mass is 215 g/mol. The van der Waals surface area contributed by atoms with Crippen molar-refractivity contribution in [3.05, 3.63) is 22.4 Å². The van der Waals surface area contributed by atoms with Gasteiger partial charge in [-0.2, -0.15) is 23.1 Å². The molecule has 0 aromatic carbocycles. The molecule has 3 heteroatoms. The molecular weight excluding hydrogens is 198 g/mol. The van der Waals surface area contributed by atoms with Gasteiger partial charge in [-0.05, 0) is 35.1 Å². The van der Waals surface area contributed by atoms with Gasteiger partial charge >= 0.3 is 0 Å². The Hall–Kier alpha value is 0.01000. The van der Waals surface area contributed by atoms with Gasteiger partial charge in [0.1, 0.15) is 0 Å². The molecule has 0 saturated carbocycles. The summed E-state index contributed by atoms with van der Waals surface area (Å²) >= 11 is 3.76. The Morgan fingerprint density at radius 3 is 3.08 bits per heavy atom. The van der Waals surface area contributed by atoms with Gasteiger partial charge in [0, 0.05) is 18.3 Å². The molecule has 0 aliphatic heterocycles. The molecule has 1 rings (SSSR count). The maximum atomic E-state index is 3.51. The first kappa shape index (κ1) is 11.1. The summed E-state index contributed by atoms with van der Waals surface area (Å²) in [6.07, 6.45) is 0. The van der Waals surface area contributed by atoms with E-state index < -0.39 is 0 Å². The number of nitrogens with one attached hydrogen (secondary N) is 1. The molecule has 1 atom stereocenters. The molecule has 0 spiro atoms. The predicted molar refractivity (Wildman–Crippen MR) is 63.6 cm³/mol. The molecule has 1 unspecified atom stereocenters. The maximum Gasteiger partial charge on any atom is 0.0216 e. The third kappa shape index (κ3) is 4.69. The van der Waals surface area contributed by atoms with Gasteiger partial charge in [-0.25, -0.2) is 0 Å². The van der Waals surface area contributed by atoms with E-state index in [0.717, 1.165) is 6.54 Å². The summed E-state index contributed by atoms with van der Waals surface area (Å²) in [7, 11) is 0. The summed E-state index contributed by atoms with van der Waals surface area (Å²) < 4.78 is 0. The standard InChI is InChI=1S/C10H17NS2/c1-3-12-7-9(2)11-6-10-4-5-13-8-10/h4-5,8-9,11H,3,6-7H2,1-2H3. The Labute approximate surface area is 88.9 Å². The minimum Gasteiger partial charge on any atom is -0.309 e. The zero-order valence-electron chi connectivity index (χ0n) is 8.25. The lowest BCUT2D eigenvalue weighted by molar-refractivity contribution is 0.597. The Morgan fingerprint density at radius 1 is 1.62 bits per heavy atom. The van der Waals surface area contributed by atoms with Crippen LogP contribution in [0.1, 0.15) is 19.4 Å². The van der Waals surface area contributed by atoms with Crippen molar-refractivity contribution in [2.45, 2.75) is 26.4 Å². The highest BCUT2D eigenvalue weighted by atomic mass is 32.2. The van der Waals surface area contributed by atoms with Crippen LogP contribution in [0.25, 0.3) is 0 Å². The first-order chi connectivity index (χ1) is 6.33. The summed E-state index contributed by atoms with van der Waals surface area (Å²) in [5, 5.41) is 7.83. The van der Waals surface area contributed by atoms with Crippen molar-refractivity contribution >= 4 is 23.1 Å². The third-order valence-electron chi connectivity index (χ3n) is 1.81. The molecule has 1 N–H and O–H groups in total. The van der Waals surface area contributed by atoms with Crippen molar-refractivity contribution in [3.8, 4) is 0 Å². The SMILES string of the molecule is CCSCC(C)NCc1ccsc1. The first-order valence-corrected chi connectivity index (χ1v) is 6.75. The molecular formula is C10H17NS2. The molecule has 0 bridgehead atoms. The van der Waals surface area contributed by atoms with E-state index in [-0.39, 0.29) is 0 Å². The quantitative estimate of drug-likeness (QED) is 0.783. The van der Waals surface area contributed by atoms with Crippen LogP contribution in [-0.4, -0.2) is 17.5 Å². The molecule has 0 aliphatic carbocycles. The highest BCUT2D eigenvalue weighted by Crippen LogP contribution is 2.06. The average molecular weight is 215 g/mol. The summed E-state index contributed by atoms with van der Waals surface area (Å²) in [5.74, 6) is 2.42. The summed E-state index contributed by atoms with van der Waals surface area (Å²) in [6.45, 7) is 5.46. The first-order valence-electron chi connectivity index (χ1n) is 4.65. The minimum atomic E-state index is 0.616. The van der Waals surface area contributed by atoms with E-state index in [1.165, 1.54) is 17.1 Å². The van der Waals surface area contributed by atoms with Crippen LogP contribution in [0.4, 0.5) is 0 Å². The lowest BCUT2D eigenvalue weighted by atomic mass is 10.3. The Kier molecular flexibility index (Phi) is 5.51. The lowest BCUT2D eigenvalue weighted by Gasteiger charge is -2.11. The van der Waals surface area contributed by atoms with Crippen LogP contribution in [-0.2, 0) is 6.54 Å². The van der Waals surface area contributed by atoms with Crippen molar-refractivity contribution in [3.63, 3.8) is 0 Å². The molecule has 1 aromatic heterocycles. The molecule has 0 radical (unpaired) electrons. The number of thioether (sulfide) groups is 1. The van der Waals surface area contributed by atoms with Crippen molar-refractivity contribution in [1.29, 1.82) is 0 Å². The Balaban J connectivity index is 2.11. The molecule has 13 heavy (non-hydrogen) atoms. The van der Waals surface area contributed by atoms with Crippen LogP contribution in [0.5, 0.6) is 0 Å². The fraction of sp³-hybridized carbons (Fsp3) is 0.600. The molecule has 0 saturated heterocycles. The van der Waals surface area contributed by atoms with E-state index in [1.54, 1.807) is 11.3 Å². The number of hydrogen-bond acceptors (Lipinski definition) is 3. The predicted octanol–water partition coefficient (Wildman–Crippen LogP) is 2.98. The molecule has 0 amide bonds. The second-order valence-electron chi connectivity index (χ2n) is 3.07. The van der Waals surface area contributed by atoms with Crippen LogP contribution in [0.15, 0.2) is 16.8 Å². The van der Waals surface area contributed by atoms with E-state index in [4.69, 9.17) is 0 Å². The summed E-state index contributed by atoms with van der Waals surface area (Å²) in [5.41, 5.74) is 1.40. The van der Waals surface area contributed by atoms with E-state index in [2.05, 4.69) is 36.0 Å². The van der Waals surface area contributed by atoms with Crippen molar-refractivity contribution < 1.29 is 0 Å². The van der Waals surface area contributed by atoms with Crippen LogP contribution < -0.4 is 5.32 Å². The van der Waals surface area contributed by atoms with Gasteiger partial charge in [-0.3, -0.25) is 0 Å². The highest BCUT2D eigenvalue weighted by Gasteiger charge is 2.00. The normalized spacial score (nSPS) is 13.1. The van der Waals surface area contributed by atoms with Gasteiger partial charge in [-0.1, -0.05) is 6.92 Å². The van der Waals surface area contributed by atoms with Gasteiger partial charge in [0.25, 0.3) is 0 Å². The fourth-order valence-electron chi connectivity index (χ4n) is 1.04. The highest BCUT2D eigenvalue weighted by molar-refractivity contribution is 7.99. The largest absolute Gasteiger partial charge is 0.309 e. The van der Waals surface area contributed by atoms with E-state index in [9.17, 15) is 0 Å². The van der Waals surface area contributed by atoms with E-state index >= 15 is 0 Å². The molecule has 1 heterocycles. The van der Waals surface area contributed by atoms with Crippen molar-refractivity contribution in [2.75, 3.05) is 11.5 Å². The molecule has 0 aliphatic rings. The van der Waals surface area contributed by atoms with E-state index in [0.29, 0.717) is 6.04 Å². The number of rotatable bonds is 6. The van der Waals surface area contributed by atoms with Gasteiger partial charge < -0.3 is 5.32 Å². The summed E-state index contributed by atoms with van der Waals surface area (Å²) in [4.78, 5) is 0. The van der Waals surface area contributed by atoms with Gasteiger partial charge in [-0.15, -0.1) is 0 Å². The second-order valence-corrected chi connectivity index (χ2v) is 5.17. The third-order valence-corrected chi connectivity index (χ3v) is 3.68. The molecule has 1 nitrogen and oxygen atoms in total. The van der Waals surface area contributed by atoms with Crippen LogP contribution >= 0.6 is 23.1 Å². The number of thiophene rings is 1. The van der Waals surface area contributed by atoms with E-state index in [1.807, 2.05) is 11.8 Å². The van der Waals surface area contributed by atoms with Gasteiger partial charge in [0.2, 0.25) is 0 Å². The smallest absolute Gasteiger partial charge is 0.0216 e. The van der Waals surface area contributed by atoms with Gasteiger partial charge in [0.15, 0.2) is 0 Å². The van der Waals surface area contributed by atoms with Crippen LogP contribution in [0.3, 0.4) is 0 Å². The fourth-order valence-corrected chi connectivity index (χ4v) is 2.41. The Bertz CT molecular complexity index is 209. The summed E-state index contributed by atoms with van der Waals surface area (Å²) in [6, 6.07) is 2.79. The zero-order chi connectivity index (χ0) is 9.52. The Morgan fingerprint density at radius 2 is 2.46 bits per heavy atom. The second kappa shape index (κ2) is 6.46. The minimum absolute atomic E-state index is 0.616. The van der Waals surface area contributed by atoms with Crippen LogP contribution in [0.2, 0.25) is 0 Å². The number of hydrogen-bond donors (Lipinski definition) is 1. The average Bonchev–Trinajstić information content (AvgIpc) is 2.64. The lowest BCUT2D eigenvalue weighted by Crippen LogP contribution is -2.27.